The topological polar surface area (TPSA) is 73.5 Å². The van der Waals surface area contributed by atoms with Gasteiger partial charge in [-0.2, -0.15) is 0 Å². The first-order chi connectivity index (χ1) is 12.3. The van der Waals surface area contributed by atoms with E-state index in [-0.39, 0.29) is 11.2 Å². The predicted molar refractivity (Wildman–Crippen MR) is 107 cm³/mol. The number of likely N-dealkylation sites (tertiary alicyclic amines) is 1. The van der Waals surface area contributed by atoms with Gasteiger partial charge in [-0.05, 0) is 53.0 Å². The Hall–Kier alpha value is -0.665. The van der Waals surface area contributed by atoms with Crippen molar-refractivity contribution in [3.05, 3.63) is 12.4 Å². The third kappa shape index (κ3) is 4.59. The lowest BCUT2D eigenvalue weighted by Gasteiger charge is -2.32. The molecule has 2 aliphatic heterocycles. The van der Waals surface area contributed by atoms with E-state index in [9.17, 15) is 0 Å². The fourth-order valence-electron chi connectivity index (χ4n) is 3.37. The zero-order chi connectivity index (χ0) is 18.8. The lowest BCUT2D eigenvalue weighted by Crippen LogP contribution is -2.41. The van der Waals surface area contributed by atoms with Gasteiger partial charge in [-0.1, -0.05) is 11.8 Å². The molecule has 2 aliphatic rings. The molecular formula is C18H31BN4O2S. The van der Waals surface area contributed by atoms with Crippen molar-refractivity contribution >= 4 is 24.3 Å². The number of hydrogen-bond acceptors (Lipinski definition) is 7. The van der Waals surface area contributed by atoms with Crippen molar-refractivity contribution < 1.29 is 9.31 Å². The Balaban J connectivity index is 1.52. The molecule has 1 atom stereocenters. The number of rotatable bonds is 6. The zero-order valence-electron chi connectivity index (χ0n) is 16.4. The van der Waals surface area contributed by atoms with Gasteiger partial charge in [0.1, 0.15) is 0 Å². The van der Waals surface area contributed by atoms with E-state index in [1.807, 2.05) is 12.4 Å². The summed E-state index contributed by atoms with van der Waals surface area (Å²) in [5.74, 6) is 1.74. The summed E-state index contributed by atoms with van der Waals surface area (Å²) in [6.45, 7) is 12.3. The molecule has 0 unspecified atom stereocenters. The molecule has 6 nitrogen and oxygen atoms in total. The Kier molecular flexibility index (Phi) is 6.29. The van der Waals surface area contributed by atoms with Crippen LogP contribution in [0.4, 0.5) is 0 Å². The second-order valence-electron chi connectivity index (χ2n) is 8.30. The van der Waals surface area contributed by atoms with E-state index in [1.165, 1.54) is 19.4 Å². The van der Waals surface area contributed by atoms with Gasteiger partial charge in [0.25, 0.3) is 0 Å². The Labute approximate surface area is 161 Å². The van der Waals surface area contributed by atoms with Crippen LogP contribution in [0.2, 0.25) is 0 Å². The number of piperidine rings is 1. The van der Waals surface area contributed by atoms with Crippen LogP contribution in [-0.4, -0.2) is 65.1 Å². The fourth-order valence-corrected chi connectivity index (χ4v) is 4.28. The molecule has 3 heterocycles. The summed E-state index contributed by atoms with van der Waals surface area (Å²) in [5, 5.41) is 0.821. The lowest BCUT2D eigenvalue weighted by atomic mass is 9.81. The van der Waals surface area contributed by atoms with Crippen LogP contribution in [0.1, 0.15) is 40.5 Å². The summed E-state index contributed by atoms with van der Waals surface area (Å²) in [6, 6.07) is 0. The molecule has 3 rings (SSSR count). The molecule has 144 valence electrons. The highest BCUT2D eigenvalue weighted by Crippen LogP contribution is 2.36. The van der Waals surface area contributed by atoms with Crippen molar-refractivity contribution in [2.45, 2.75) is 56.9 Å². The Morgan fingerprint density at radius 2 is 1.88 bits per heavy atom. The van der Waals surface area contributed by atoms with E-state index < -0.39 is 7.12 Å². The van der Waals surface area contributed by atoms with Crippen molar-refractivity contribution in [2.24, 2.45) is 11.7 Å². The van der Waals surface area contributed by atoms with Gasteiger partial charge in [0, 0.05) is 43.2 Å². The molecule has 0 radical (unpaired) electrons. The van der Waals surface area contributed by atoms with Crippen molar-refractivity contribution in [1.82, 2.24) is 14.9 Å². The number of thioether (sulfide) groups is 1. The summed E-state index contributed by atoms with van der Waals surface area (Å²) in [5.41, 5.74) is 5.87. The first-order valence-electron chi connectivity index (χ1n) is 9.53. The molecule has 2 saturated heterocycles. The van der Waals surface area contributed by atoms with E-state index in [2.05, 4.69) is 42.6 Å². The van der Waals surface area contributed by atoms with Crippen molar-refractivity contribution in [2.75, 3.05) is 31.9 Å². The summed E-state index contributed by atoms with van der Waals surface area (Å²) in [6.07, 6.45) is 6.20. The third-order valence-corrected chi connectivity index (χ3v) is 6.78. The number of aromatic nitrogens is 2. The molecule has 2 fully saturated rings. The normalized spacial score (nSPS) is 25.6. The minimum atomic E-state index is -0.401. The van der Waals surface area contributed by atoms with Crippen LogP contribution in [-0.2, 0) is 9.31 Å². The first kappa shape index (κ1) is 20.1. The summed E-state index contributed by atoms with van der Waals surface area (Å²) in [4.78, 5) is 11.5. The lowest BCUT2D eigenvalue weighted by molar-refractivity contribution is 0.00578. The highest BCUT2D eigenvalue weighted by atomic mass is 32.2. The van der Waals surface area contributed by atoms with Crippen LogP contribution >= 0.6 is 11.8 Å². The number of hydrogen-bond donors (Lipinski definition) is 1. The van der Waals surface area contributed by atoms with Gasteiger partial charge in [0.2, 0.25) is 0 Å². The van der Waals surface area contributed by atoms with Gasteiger partial charge in [0.15, 0.2) is 5.16 Å². The van der Waals surface area contributed by atoms with Crippen LogP contribution in [0.5, 0.6) is 0 Å². The second kappa shape index (κ2) is 8.14. The van der Waals surface area contributed by atoms with Crippen molar-refractivity contribution in [3.8, 4) is 0 Å². The number of nitrogens with two attached hydrogens (primary N) is 1. The van der Waals surface area contributed by atoms with Crippen LogP contribution in [0, 0.1) is 5.92 Å². The maximum atomic E-state index is 6.06. The van der Waals surface area contributed by atoms with E-state index in [1.54, 1.807) is 11.8 Å². The molecule has 0 aromatic carbocycles. The molecular weight excluding hydrogens is 347 g/mol. The summed E-state index contributed by atoms with van der Waals surface area (Å²) >= 11 is 1.74. The SMILES string of the molecule is CC1(C)OB(c2cnc(SC[C@H]3CCCN(CCN)C3)nc2)OC1(C)C. The quantitative estimate of drug-likeness (QED) is 0.457. The second-order valence-corrected chi connectivity index (χ2v) is 9.28. The Bertz CT molecular complexity index is 581. The third-order valence-electron chi connectivity index (χ3n) is 5.67. The van der Waals surface area contributed by atoms with E-state index >= 15 is 0 Å². The molecule has 0 amide bonds. The highest BCUT2D eigenvalue weighted by molar-refractivity contribution is 7.99. The molecule has 8 heteroatoms. The fraction of sp³-hybridized carbons (Fsp3) is 0.778. The van der Waals surface area contributed by atoms with Gasteiger partial charge < -0.3 is 19.9 Å². The largest absolute Gasteiger partial charge is 0.498 e. The summed E-state index contributed by atoms with van der Waals surface area (Å²) < 4.78 is 12.1. The van der Waals surface area contributed by atoms with Crippen LogP contribution in [0.25, 0.3) is 0 Å². The van der Waals surface area contributed by atoms with Gasteiger partial charge in [-0.25, -0.2) is 9.97 Å². The first-order valence-corrected chi connectivity index (χ1v) is 10.5. The minimum Gasteiger partial charge on any atom is -0.399 e. The molecule has 1 aromatic heterocycles. The maximum absolute atomic E-state index is 6.06. The van der Waals surface area contributed by atoms with E-state index in [0.717, 1.165) is 36.0 Å². The maximum Gasteiger partial charge on any atom is 0.498 e. The van der Waals surface area contributed by atoms with Gasteiger partial charge in [-0.15, -0.1) is 0 Å². The minimum absolute atomic E-state index is 0.346. The monoisotopic (exact) mass is 378 g/mol. The molecule has 0 spiro atoms. The molecule has 0 saturated carbocycles. The standard InChI is InChI=1S/C18H31BN4O2S/c1-17(2)18(3,4)25-19(24-17)15-10-21-16(22-11-15)26-13-14-6-5-8-23(12-14)9-7-20/h10-11,14H,5-9,12-13,20H2,1-4H3/t14-/m0/s1. The van der Waals surface area contributed by atoms with Crippen LogP contribution < -0.4 is 11.2 Å². The molecule has 0 bridgehead atoms. The van der Waals surface area contributed by atoms with Crippen molar-refractivity contribution in [3.63, 3.8) is 0 Å². The average molecular weight is 378 g/mol. The van der Waals surface area contributed by atoms with Crippen LogP contribution in [0.15, 0.2) is 17.6 Å². The number of nitrogens with zero attached hydrogens (tertiary/aromatic N) is 3. The van der Waals surface area contributed by atoms with Gasteiger partial charge in [-0.3, -0.25) is 0 Å². The smallest absolute Gasteiger partial charge is 0.399 e. The molecule has 2 N–H and O–H groups in total. The Morgan fingerprint density at radius 1 is 1.23 bits per heavy atom. The van der Waals surface area contributed by atoms with E-state index in [0.29, 0.717) is 5.92 Å². The molecule has 0 aliphatic carbocycles. The van der Waals surface area contributed by atoms with Crippen LogP contribution in [0.3, 0.4) is 0 Å². The summed E-state index contributed by atoms with van der Waals surface area (Å²) in [7, 11) is -0.401. The van der Waals surface area contributed by atoms with Gasteiger partial charge >= 0.3 is 7.12 Å². The predicted octanol–water partition coefficient (Wildman–Crippen LogP) is 1.54. The Morgan fingerprint density at radius 3 is 2.50 bits per heavy atom. The zero-order valence-corrected chi connectivity index (χ0v) is 17.2. The molecule has 1 aromatic rings. The highest BCUT2D eigenvalue weighted by Gasteiger charge is 2.51. The molecule has 26 heavy (non-hydrogen) atoms. The average Bonchev–Trinajstić information content (AvgIpc) is 2.82. The van der Waals surface area contributed by atoms with Crippen molar-refractivity contribution in [1.29, 1.82) is 0 Å². The van der Waals surface area contributed by atoms with Gasteiger partial charge in [0.05, 0.1) is 11.2 Å². The van der Waals surface area contributed by atoms with E-state index in [4.69, 9.17) is 15.0 Å².